The summed E-state index contributed by atoms with van der Waals surface area (Å²) in [6.45, 7) is 5.56. The number of anilines is 1. The van der Waals surface area contributed by atoms with Crippen molar-refractivity contribution in [3.8, 4) is 6.01 Å². The van der Waals surface area contributed by atoms with Gasteiger partial charge in [0.2, 0.25) is 5.91 Å². The molecule has 1 atom stereocenters. The fraction of sp³-hybridized carbons (Fsp3) is 0.545. The molecule has 1 heterocycles. The van der Waals surface area contributed by atoms with Gasteiger partial charge in [0.15, 0.2) is 0 Å². The first-order valence-corrected chi connectivity index (χ1v) is 5.40. The number of hydrogen-bond acceptors (Lipinski definition) is 5. The molecular formula is C11H18N4O2. The van der Waals surface area contributed by atoms with Crippen LogP contribution in [0.25, 0.3) is 0 Å². The first-order chi connectivity index (χ1) is 7.93. The van der Waals surface area contributed by atoms with Crippen LogP contribution >= 0.6 is 0 Å². The van der Waals surface area contributed by atoms with Gasteiger partial charge in [-0.25, -0.2) is 4.98 Å². The van der Waals surface area contributed by atoms with Crippen LogP contribution in [-0.2, 0) is 4.79 Å². The summed E-state index contributed by atoms with van der Waals surface area (Å²) >= 11 is 0. The van der Waals surface area contributed by atoms with Crippen LogP contribution in [-0.4, -0.2) is 29.0 Å². The maximum absolute atomic E-state index is 11.7. The van der Waals surface area contributed by atoms with Crippen molar-refractivity contribution in [1.29, 1.82) is 0 Å². The van der Waals surface area contributed by atoms with Crippen molar-refractivity contribution in [2.75, 3.05) is 12.4 Å². The molecule has 1 aromatic rings. The minimum absolute atomic E-state index is 0.0693. The van der Waals surface area contributed by atoms with E-state index in [0.717, 1.165) is 0 Å². The van der Waals surface area contributed by atoms with Crippen LogP contribution in [0.2, 0.25) is 0 Å². The topological polar surface area (TPSA) is 90.1 Å². The first kappa shape index (κ1) is 13.4. The second kappa shape index (κ2) is 5.58. The lowest BCUT2D eigenvalue weighted by Gasteiger charge is -2.15. The highest BCUT2D eigenvalue weighted by Crippen LogP contribution is 2.11. The molecule has 0 radical (unpaired) electrons. The van der Waals surface area contributed by atoms with E-state index in [1.807, 2.05) is 13.8 Å². The number of ether oxygens (including phenoxy) is 1. The average Bonchev–Trinajstić information content (AvgIpc) is 2.26. The van der Waals surface area contributed by atoms with Crippen LogP contribution in [0.1, 0.15) is 19.5 Å². The predicted octanol–water partition coefficient (Wildman–Crippen LogP) is 0.715. The van der Waals surface area contributed by atoms with Gasteiger partial charge >= 0.3 is 6.01 Å². The van der Waals surface area contributed by atoms with Crippen LogP contribution in [0.5, 0.6) is 6.01 Å². The smallest absolute Gasteiger partial charge is 0.318 e. The van der Waals surface area contributed by atoms with Crippen molar-refractivity contribution in [2.24, 2.45) is 11.7 Å². The van der Waals surface area contributed by atoms with Crippen LogP contribution in [0, 0.1) is 12.8 Å². The molecule has 1 aromatic heterocycles. The highest BCUT2D eigenvalue weighted by molar-refractivity contribution is 5.94. The molecule has 0 aromatic carbocycles. The van der Waals surface area contributed by atoms with E-state index < -0.39 is 6.04 Å². The summed E-state index contributed by atoms with van der Waals surface area (Å²) < 4.78 is 4.92. The number of nitrogens with zero attached hydrogens (tertiary/aromatic N) is 2. The Kier molecular flexibility index (Phi) is 4.39. The van der Waals surface area contributed by atoms with Crippen LogP contribution in [0.4, 0.5) is 5.82 Å². The lowest BCUT2D eigenvalue weighted by Crippen LogP contribution is -2.39. The number of hydrogen-bond donors (Lipinski definition) is 2. The molecule has 3 N–H and O–H groups in total. The average molecular weight is 238 g/mol. The van der Waals surface area contributed by atoms with Gasteiger partial charge < -0.3 is 15.8 Å². The molecule has 0 aliphatic heterocycles. The zero-order chi connectivity index (χ0) is 13.0. The lowest BCUT2D eigenvalue weighted by atomic mass is 10.1. The third-order valence-electron chi connectivity index (χ3n) is 2.29. The summed E-state index contributed by atoms with van der Waals surface area (Å²) in [5.74, 6) is 0.204. The fourth-order valence-electron chi connectivity index (χ4n) is 1.21. The third kappa shape index (κ3) is 3.67. The molecule has 0 spiro atoms. The first-order valence-electron chi connectivity index (χ1n) is 5.40. The molecule has 0 bridgehead atoms. The molecule has 6 nitrogen and oxygen atoms in total. The van der Waals surface area contributed by atoms with Crippen molar-refractivity contribution in [2.45, 2.75) is 26.8 Å². The number of methoxy groups -OCH3 is 1. The van der Waals surface area contributed by atoms with Crippen molar-refractivity contribution in [1.82, 2.24) is 9.97 Å². The number of carbonyl (C=O) groups excluding carboxylic acids is 1. The minimum Gasteiger partial charge on any atom is -0.467 e. The summed E-state index contributed by atoms with van der Waals surface area (Å²) in [7, 11) is 1.47. The van der Waals surface area contributed by atoms with Gasteiger partial charge in [0.1, 0.15) is 5.82 Å². The SMILES string of the molecule is COc1nc(C)cc(NC(=O)[C@@H](N)C(C)C)n1. The fourth-order valence-corrected chi connectivity index (χ4v) is 1.21. The molecule has 0 aliphatic carbocycles. The molecule has 0 saturated heterocycles. The predicted molar refractivity (Wildman–Crippen MR) is 64.8 cm³/mol. The molecule has 17 heavy (non-hydrogen) atoms. The molecule has 1 rings (SSSR count). The second-order valence-corrected chi connectivity index (χ2v) is 4.14. The van der Waals surface area contributed by atoms with Crippen molar-refractivity contribution >= 4 is 11.7 Å². The van der Waals surface area contributed by atoms with Crippen molar-refractivity contribution < 1.29 is 9.53 Å². The lowest BCUT2D eigenvalue weighted by molar-refractivity contribution is -0.118. The molecule has 6 heteroatoms. The molecule has 0 fully saturated rings. The number of amides is 1. The number of nitrogens with two attached hydrogens (primary N) is 1. The highest BCUT2D eigenvalue weighted by Gasteiger charge is 2.18. The Balaban J connectivity index is 2.81. The van der Waals surface area contributed by atoms with Crippen LogP contribution in [0.3, 0.4) is 0 Å². The number of carbonyl (C=O) groups is 1. The molecule has 1 amide bonds. The van der Waals surface area contributed by atoms with Gasteiger partial charge in [0.25, 0.3) is 0 Å². The molecule has 94 valence electrons. The van der Waals surface area contributed by atoms with E-state index in [2.05, 4.69) is 15.3 Å². The van der Waals surface area contributed by atoms with Gasteiger partial charge in [-0.15, -0.1) is 0 Å². The summed E-state index contributed by atoms with van der Waals surface area (Å²) in [6.07, 6.45) is 0. The Morgan fingerprint density at radius 2 is 2.12 bits per heavy atom. The molecular weight excluding hydrogens is 220 g/mol. The van der Waals surface area contributed by atoms with Gasteiger partial charge in [-0.2, -0.15) is 4.98 Å². The largest absolute Gasteiger partial charge is 0.467 e. The van der Waals surface area contributed by atoms with E-state index >= 15 is 0 Å². The van der Waals surface area contributed by atoms with Gasteiger partial charge in [0, 0.05) is 11.8 Å². The minimum atomic E-state index is -0.559. The van der Waals surface area contributed by atoms with E-state index in [1.54, 1.807) is 13.0 Å². The highest BCUT2D eigenvalue weighted by atomic mass is 16.5. The zero-order valence-corrected chi connectivity index (χ0v) is 10.5. The Morgan fingerprint density at radius 3 is 2.65 bits per heavy atom. The van der Waals surface area contributed by atoms with E-state index in [9.17, 15) is 4.79 Å². The van der Waals surface area contributed by atoms with Gasteiger partial charge in [-0.1, -0.05) is 13.8 Å². The van der Waals surface area contributed by atoms with Gasteiger partial charge in [-0.05, 0) is 12.8 Å². The van der Waals surface area contributed by atoms with Gasteiger partial charge in [0.05, 0.1) is 13.2 Å². The van der Waals surface area contributed by atoms with Crippen molar-refractivity contribution in [3.63, 3.8) is 0 Å². The Labute approximate surface area is 101 Å². The standard InChI is InChI=1S/C11H18N4O2/c1-6(2)9(12)10(16)14-8-5-7(3)13-11(15-8)17-4/h5-6,9H,12H2,1-4H3,(H,13,14,15,16)/t9-/m0/s1. The maximum atomic E-state index is 11.7. The Hall–Kier alpha value is -1.69. The van der Waals surface area contributed by atoms with Gasteiger partial charge in [-0.3, -0.25) is 4.79 Å². The van der Waals surface area contributed by atoms with E-state index in [4.69, 9.17) is 10.5 Å². The maximum Gasteiger partial charge on any atom is 0.318 e. The second-order valence-electron chi connectivity index (χ2n) is 4.14. The number of aryl methyl sites for hydroxylation is 1. The summed E-state index contributed by atoms with van der Waals surface area (Å²) in [4.78, 5) is 19.8. The normalized spacial score (nSPS) is 12.4. The summed E-state index contributed by atoms with van der Waals surface area (Å²) in [5, 5.41) is 2.64. The van der Waals surface area contributed by atoms with E-state index in [1.165, 1.54) is 7.11 Å². The van der Waals surface area contributed by atoms with Crippen LogP contribution in [0.15, 0.2) is 6.07 Å². The Morgan fingerprint density at radius 1 is 1.47 bits per heavy atom. The molecule has 0 unspecified atom stereocenters. The summed E-state index contributed by atoms with van der Waals surface area (Å²) in [6, 6.07) is 1.32. The van der Waals surface area contributed by atoms with Crippen LogP contribution < -0.4 is 15.8 Å². The van der Waals surface area contributed by atoms with Crippen molar-refractivity contribution in [3.05, 3.63) is 11.8 Å². The third-order valence-corrected chi connectivity index (χ3v) is 2.29. The number of nitrogens with one attached hydrogen (secondary N) is 1. The molecule has 0 aliphatic rings. The quantitative estimate of drug-likeness (QED) is 0.806. The van der Waals surface area contributed by atoms with E-state index in [0.29, 0.717) is 11.5 Å². The number of rotatable bonds is 4. The number of aromatic nitrogens is 2. The Bertz CT molecular complexity index is 406. The zero-order valence-electron chi connectivity index (χ0n) is 10.5. The monoisotopic (exact) mass is 238 g/mol. The summed E-state index contributed by atoms with van der Waals surface area (Å²) in [5.41, 5.74) is 6.44. The van der Waals surface area contributed by atoms with E-state index in [-0.39, 0.29) is 17.8 Å². The molecule has 0 saturated carbocycles.